The minimum absolute atomic E-state index is 0.214. The lowest BCUT2D eigenvalue weighted by Gasteiger charge is -2.21. The van der Waals surface area contributed by atoms with Crippen LogP contribution in [0.15, 0.2) is 0 Å². The first-order valence-corrected chi connectivity index (χ1v) is 3.22. The molecule has 1 saturated heterocycles. The number of carbonyl (C=O) groups excluding carboxylic acids is 1. The third-order valence-electron chi connectivity index (χ3n) is 1.80. The van der Waals surface area contributed by atoms with Crippen molar-refractivity contribution in [3.63, 3.8) is 0 Å². The normalized spacial score (nSPS) is 44.3. The van der Waals surface area contributed by atoms with Gasteiger partial charge in [-0.3, -0.25) is 0 Å². The summed E-state index contributed by atoms with van der Waals surface area (Å²) in [5, 5.41) is 27.0. The summed E-state index contributed by atoms with van der Waals surface area (Å²) in [5.41, 5.74) is -1.68. The molecule has 0 amide bonds. The summed E-state index contributed by atoms with van der Waals surface area (Å²) in [6.45, 7) is -0.827. The van der Waals surface area contributed by atoms with Crippen molar-refractivity contribution in [2.75, 3.05) is 13.2 Å². The Morgan fingerprint density at radius 3 is 2.64 bits per heavy atom. The lowest BCUT2D eigenvalue weighted by Crippen LogP contribution is -2.47. The van der Waals surface area contributed by atoms with Gasteiger partial charge in [0.25, 0.3) is 0 Å². The molecule has 0 unspecified atom stereocenters. The van der Waals surface area contributed by atoms with Crippen LogP contribution < -0.4 is 0 Å². The van der Waals surface area contributed by atoms with Crippen LogP contribution in [0.4, 0.5) is 0 Å². The van der Waals surface area contributed by atoms with Gasteiger partial charge in [0.2, 0.25) is 0 Å². The quantitative estimate of drug-likeness (QED) is 0.396. The highest BCUT2D eigenvalue weighted by molar-refractivity contribution is 5.58. The van der Waals surface area contributed by atoms with Crippen LogP contribution in [0, 0.1) is 0 Å². The van der Waals surface area contributed by atoms with E-state index in [1.807, 2.05) is 0 Å². The van der Waals surface area contributed by atoms with Crippen LogP contribution in [0.2, 0.25) is 0 Å². The Hall–Kier alpha value is -0.490. The van der Waals surface area contributed by atoms with Crippen LogP contribution in [0.3, 0.4) is 0 Å². The number of aliphatic hydroxyl groups is 3. The molecule has 0 aromatic rings. The maximum atomic E-state index is 10.1. The number of hydrogen-bond acceptors (Lipinski definition) is 5. The van der Waals surface area contributed by atoms with Crippen molar-refractivity contribution in [3.8, 4) is 0 Å². The highest BCUT2D eigenvalue weighted by Gasteiger charge is 2.47. The van der Waals surface area contributed by atoms with Crippen LogP contribution in [-0.2, 0) is 9.53 Å². The van der Waals surface area contributed by atoms with E-state index in [-0.39, 0.29) is 6.61 Å². The third kappa shape index (κ3) is 1.28. The first-order valence-electron chi connectivity index (χ1n) is 3.22. The Bertz CT molecular complexity index is 159. The van der Waals surface area contributed by atoms with Crippen molar-refractivity contribution >= 4 is 6.29 Å². The third-order valence-corrected chi connectivity index (χ3v) is 1.80. The van der Waals surface area contributed by atoms with Crippen molar-refractivity contribution in [2.24, 2.45) is 0 Å². The molecule has 1 rings (SSSR count). The summed E-state index contributed by atoms with van der Waals surface area (Å²) in [6, 6.07) is 0. The molecule has 64 valence electrons. The summed E-state index contributed by atoms with van der Waals surface area (Å²) >= 11 is 0. The number of aliphatic hydroxyl groups excluding tert-OH is 2. The van der Waals surface area contributed by atoms with E-state index in [2.05, 4.69) is 0 Å². The second kappa shape index (κ2) is 2.86. The van der Waals surface area contributed by atoms with E-state index in [4.69, 9.17) is 14.9 Å². The maximum Gasteiger partial charge on any atom is 0.151 e. The zero-order valence-corrected chi connectivity index (χ0v) is 5.80. The fourth-order valence-corrected chi connectivity index (χ4v) is 0.976. The molecule has 0 aromatic heterocycles. The second-order valence-electron chi connectivity index (χ2n) is 2.62. The van der Waals surface area contributed by atoms with Gasteiger partial charge in [0.05, 0.1) is 13.2 Å². The lowest BCUT2D eigenvalue weighted by molar-refractivity contribution is -0.121. The molecule has 11 heavy (non-hydrogen) atoms. The maximum absolute atomic E-state index is 10.1. The topological polar surface area (TPSA) is 87.0 Å². The molecule has 0 saturated carbocycles. The molecule has 0 aliphatic carbocycles. The first-order chi connectivity index (χ1) is 5.14. The SMILES string of the molecule is O=C[C@@H]1OC[C@@](O)(CO)[C@H]1O. The van der Waals surface area contributed by atoms with Crippen molar-refractivity contribution in [1.82, 2.24) is 0 Å². The number of aldehydes is 1. The van der Waals surface area contributed by atoms with E-state index in [1.54, 1.807) is 0 Å². The predicted molar refractivity (Wildman–Crippen MR) is 33.8 cm³/mol. The average Bonchev–Trinajstić information content (AvgIpc) is 2.31. The van der Waals surface area contributed by atoms with Gasteiger partial charge in [-0.15, -0.1) is 0 Å². The van der Waals surface area contributed by atoms with E-state index >= 15 is 0 Å². The summed E-state index contributed by atoms with van der Waals surface area (Å²) in [4.78, 5) is 10.1. The van der Waals surface area contributed by atoms with Crippen LogP contribution in [0.1, 0.15) is 0 Å². The molecule has 3 N–H and O–H groups in total. The summed E-state index contributed by atoms with van der Waals surface area (Å²) in [7, 11) is 0. The van der Waals surface area contributed by atoms with Gasteiger partial charge in [-0.25, -0.2) is 0 Å². The molecule has 1 aliphatic rings. The van der Waals surface area contributed by atoms with E-state index < -0.39 is 24.4 Å². The Morgan fingerprint density at radius 1 is 1.73 bits per heavy atom. The fourth-order valence-electron chi connectivity index (χ4n) is 0.976. The van der Waals surface area contributed by atoms with E-state index in [0.717, 1.165) is 0 Å². The average molecular weight is 162 g/mol. The Morgan fingerprint density at radius 2 is 2.36 bits per heavy atom. The van der Waals surface area contributed by atoms with Gasteiger partial charge in [0.1, 0.15) is 17.8 Å². The van der Waals surface area contributed by atoms with Crippen molar-refractivity contribution < 1.29 is 24.9 Å². The number of hydrogen-bond donors (Lipinski definition) is 3. The highest BCUT2D eigenvalue weighted by atomic mass is 16.5. The molecular weight excluding hydrogens is 152 g/mol. The standard InChI is InChI=1S/C6H10O5/c7-1-4-5(9)6(10,2-8)3-11-4/h1,4-5,8-10H,2-3H2/t4-,5-,6-/m0/s1. The van der Waals surface area contributed by atoms with Gasteiger partial charge < -0.3 is 24.9 Å². The molecule has 1 fully saturated rings. The molecule has 3 atom stereocenters. The Balaban J connectivity index is 2.68. The molecule has 0 bridgehead atoms. The zero-order chi connectivity index (χ0) is 8.48. The largest absolute Gasteiger partial charge is 0.393 e. The number of rotatable bonds is 2. The highest BCUT2D eigenvalue weighted by Crippen LogP contribution is 2.22. The molecular formula is C6H10O5. The summed E-state index contributed by atoms with van der Waals surface area (Å²) < 4.78 is 4.69. The summed E-state index contributed by atoms with van der Waals surface area (Å²) in [5.74, 6) is 0. The van der Waals surface area contributed by atoms with Crippen molar-refractivity contribution in [1.29, 1.82) is 0 Å². The Labute approximate surface area is 63.2 Å². The van der Waals surface area contributed by atoms with Gasteiger partial charge in [-0.1, -0.05) is 0 Å². The molecule has 0 radical (unpaired) electrons. The predicted octanol–water partition coefficient (Wildman–Crippen LogP) is -2.33. The minimum Gasteiger partial charge on any atom is -0.393 e. The van der Waals surface area contributed by atoms with Gasteiger partial charge in [0.15, 0.2) is 6.29 Å². The molecule has 5 nitrogen and oxygen atoms in total. The van der Waals surface area contributed by atoms with Crippen LogP contribution in [-0.4, -0.2) is 52.6 Å². The smallest absolute Gasteiger partial charge is 0.151 e. The van der Waals surface area contributed by atoms with Crippen molar-refractivity contribution in [2.45, 2.75) is 17.8 Å². The Kier molecular flexibility index (Phi) is 2.24. The van der Waals surface area contributed by atoms with Crippen molar-refractivity contribution in [3.05, 3.63) is 0 Å². The van der Waals surface area contributed by atoms with Gasteiger partial charge in [-0.2, -0.15) is 0 Å². The zero-order valence-electron chi connectivity index (χ0n) is 5.80. The first kappa shape index (κ1) is 8.61. The van der Waals surface area contributed by atoms with Crippen LogP contribution >= 0.6 is 0 Å². The fraction of sp³-hybridized carbons (Fsp3) is 0.833. The van der Waals surface area contributed by atoms with Crippen LogP contribution in [0.5, 0.6) is 0 Å². The van der Waals surface area contributed by atoms with E-state index in [1.165, 1.54) is 0 Å². The number of carbonyl (C=O) groups is 1. The lowest BCUT2D eigenvalue weighted by atomic mass is 9.98. The van der Waals surface area contributed by atoms with Gasteiger partial charge in [-0.05, 0) is 0 Å². The van der Waals surface area contributed by atoms with Gasteiger partial charge >= 0.3 is 0 Å². The van der Waals surface area contributed by atoms with Gasteiger partial charge in [0, 0.05) is 0 Å². The summed E-state index contributed by atoms with van der Waals surface area (Å²) in [6.07, 6.45) is -1.95. The van der Waals surface area contributed by atoms with E-state index in [0.29, 0.717) is 6.29 Å². The molecule has 0 aromatic carbocycles. The number of ether oxygens (including phenoxy) is 1. The molecule has 5 heteroatoms. The van der Waals surface area contributed by atoms with E-state index in [9.17, 15) is 9.90 Å². The molecule has 1 aliphatic heterocycles. The monoisotopic (exact) mass is 162 g/mol. The van der Waals surface area contributed by atoms with Crippen LogP contribution in [0.25, 0.3) is 0 Å². The molecule has 0 spiro atoms. The second-order valence-corrected chi connectivity index (χ2v) is 2.62. The minimum atomic E-state index is -1.68. The molecule has 1 heterocycles.